The maximum atomic E-state index is 12.2. The quantitative estimate of drug-likeness (QED) is 0.831. The molecule has 3 rings (SSSR count). The van der Waals surface area contributed by atoms with Gasteiger partial charge in [0.15, 0.2) is 0 Å². The van der Waals surface area contributed by atoms with Crippen molar-refractivity contribution in [3.8, 4) is 0 Å². The summed E-state index contributed by atoms with van der Waals surface area (Å²) in [6, 6.07) is 10.6. The number of ether oxygens (including phenoxy) is 1. The molecule has 0 spiro atoms. The van der Waals surface area contributed by atoms with Crippen molar-refractivity contribution in [1.29, 1.82) is 0 Å². The van der Waals surface area contributed by atoms with Gasteiger partial charge in [-0.2, -0.15) is 0 Å². The first-order chi connectivity index (χ1) is 11.6. The Morgan fingerprint density at radius 3 is 2.75 bits per heavy atom. The van der Waals surface area contributed by atoms with E-state index in [-0.39, 0.29) is 11.5 Å². The number of hydrogen-bond donors (Lipinski definition) is 2. The average molecular weight is 346 g/mol. The lowest BCUT2D eigenvalue weighted by Crippen LogP contribution is -2.45. The van der Waals surface area contributed by atoms with E-state index in [1.54, 1.807) is 49.7 Å². The van der Waals surface area contributed by atoms with E-state index in [1.807, 2.05) is 0 Å². The molecule has 1 amide bonds. The highest BCUT2D eigenvalue weighted by molar-refractivity contribution is 6.30. The number of carbonyl (C=O) groups is 1. The largest absolute Gasteiger partial charge is 0.376 e. The fourth-order valence-corrected chi connectivity index (χ4v) is 2.87. The maximum Gasteiger partial charge on any atom is 0.257 e. The molecule has 1 aliphatic carbocycles. The van der Waals surface area contributed by atoms with Crippen LogP contribution >= 0.6 is 11.6 Å². The van der Waals surface area contributed by atoms with E-state index >= 15 is 0 Å². The lowest BCUT2D eigenvalue weighted by molar-refractivity contribution is -0.0601. The molecule has 2 aromatic rings. The van der Waals surface area contributed by atoms with E-state index in [2.05, 4.69) is 15.6 Å². The molecule has 1 aliphatic rings. The number of benzene rings is 1. The Labute approximate surface area is 146 Å². The summed E-state index contributed by atoms with van der Waals surface area (Å²) in [5.74, 6) is 0.515. The molecule has 0 radical (unpaired) electrons. The van der Waals surface area contributed by atoms with Crippen molar-refractivity contribution in [2.45, 2.75) is 24.9 Å². The van der Waals surface area contributed by atoms with E-state index < -0.39 is 0 Å². The number of halogens is 1. The molecule has 0 bridgehead atoms. The minimum absolute atomic E-state index is 0.0652. The van der Waals surface area contributed by atoms with Crippen molar-refractivity contribution in [2.75, 3.05) is 24.3 Å². The second-order valence-corrected chi connectivity index (χ2v) is 6.43. The number of nitrogens with zero attached hydrogens (tertiary/aromatic N) is 1. The molecule has 0 unspecified atom stereocenters. The van der Waals surface area contributed by atoms with Crippen LogP contribution in [0.5, 0.6) is 0 Å². The summed E-state index contributed by atoms with van der Waals surface area (Å²) in [4.78, 5) is 16.5. The summed E-state index contributed by atoms with van der Waals surface area (Å²) in [6.45, 7) is 0.727. The van der Waals surface area contributed by atoms with Gasteiger partial charge in [0.25, 0.3) is 5.91 Å². The van der Waals surface area contributed by atoms with Crippen molar-refractivity contribution >= 4 is 29.0 Å². The number of nitrogens with one attached hydrogen (secondary N) is 2. The number of rotatable bonds is 6. The number of carbonyl (C=O) groups excluding carboxylic acids is 1. The third-order valence-electron chi connectivity index (χ3n) is 4.40. The van der Waals surface area contributed by atoms with Crippen molar-refractivity contribution in [3.63, 3.8) is 0 Å². The summed E-state index contributed by atoms with van der Waals surface area (Å²) in [7, 11) is 1.75. The highest BCUT2D eigenvalue weighted by atomic mass is 35.5. The summed E-state index contributed by atoms with van der Waals surface area (Å²) >= 11 is 5.91. The van der Waals surface area contributed by atoms with E-state index in [9.17, 15) is 4.79 Å². The topological polar surface area (TPSA) is 63.2 Å². The Balaban J connectivity index is 1.58. The molecule has 0 saturated heterocycles. The molecule has 2 N–H and O–H groups in total. The van der Waals surface area contributed by atoms with Gasteiger partial charge in [-0.3, -0.25) is 4.79 Å². The summed E-state index contributed by atoms with van der Waals surface area (Å²) in [5.41, 5.74) is 1.08. The predicted molar refractivity (Wildman–Crippen MR) is 95.7 cm³/mol. The minimum Gasteiger partial charge on any atom is -0.376 e. The van der Waals surface area contributed by atoms with Gasteiger partial charge in [0.1, 0.15) is 5.82 Å². The van der Waals surface area contributed by atoms with E-state index in [0.29, 0.717) is 16.3 Å². The molecule has 126 valence electrons. The van der Waals surface area contributed by atoms with Crippen LogP contribution in [0.2, 0.25) is 5.02 Å². The van der Waals surface area contributed by atoms with Crippen LogP contribution in [-0.4, -0.2) is 30.1 Å². The highest BCUT2D eigenvalue weighted by Gasteiger charge is 2.36. The number of amides is 1. The first kappa shape index (κ1) is 16.7. The Morgan fingerprint density at radius 1 is 1.33 bits per heavy atom. The Hall–Kier alpha value is -2.11. The van der Waals surface area contributed by atoms with Crippen molar-refractivity contribution < 1.29 is 9.53 Å². The van der Waals surface area contributed by atoms with Crippen molar-refractivity contribution in [1.82, 2.24) is 4.98 Å². The molecule has 5 nitrogen and oxygen atoms in total. The Morgan fingerprint density at radius 2 is 2.17 bits per heavy atom. The number of anilines is 2. The molecular formula is C18H20ClN3O2. The molecule has 1 heterocycles. The molecule has 0 aliphatic heterocycles. The van der Waals surface area contributed by atoms with Gasteiger partial charge in [-0.15, -0.1) is 0 Å². The van der Waals surface area contributed by atoms with Crippen LogP contribution in [0.25, 0.3) is 0 Å². The summed E-state index contributed by atoms with van der Waals surface area (Å²) in [5, 5.41) is 6.65. The van der Waals surface area contributed by atoms with Crippen LogP contribution in [-0.2, 0) is 4.74 Å². The molecule has 6 heteroatoms. The summed E-state index contributed by atoms with van der Waals surface area (Å²) in [6.07, 6.45) is 4.89. The lowest BCUT2D eigenvalue weighted by Gasteiger charge is -2.40. The molecule has 1 fully saturated rings. The van der Waals surface area contributed by atoms with Gasteiger partial charge in [0.05, 0.1) is 11.2 Å². The first-order valence-corrected chi connectivity index (χ1v) is 8.30. The fraction of sp³-hybridized carbons (Fsp3) is 0.333. The van der Waals surface area contributed by atoms with Crippen LogP contribution in [0.1, 0.15) is 29.6 Å². The zero-order valence-electron chi connectivity index (χ0n) is 13.5. The van der Waals surface area contributed by atoms with Crippen molar-refractivity contribution in [2.24, 2.45) is 0 Å². The van der Waals surface area contributed by atoms with Crippen LogP contribution in [0, 0.1) is 0 Å². The molecular weight excluding hydrogens is 326 g/mol. The van der Waals surface area contributed by atoms with E-state index in [1.165, 1.54) is 6.42 Å². The number of aromatic nitrogens is 1. The average Bonchev–Trinajstić information content (AvgIpc) is 2.55. The second-order valence-electron chi connectivity index (χ2n) is 5.99. The number of hydrogen-bond acceptors (Lipinski definition) is 4. The predicted octanol–water partition coefficient (Wildman–Crippen LogP) is 3.97. The van der Waals surface area contributed by atoms with Gasteiger partial charge < -0.3 is 15.4 Å². The van der Waals surface area contributed by atoms with Crippen LogP contribution in [0.4, 0.5) is 11.5 Å². The molecule has 1 saturated carbocycles. The zero-order chi connectivity index (χ0) is 17.0. The fourth-order valence-electron chi connectivity index (χ4n) is 2.68. The maximum absolute atomic E-state index is 12.2. The van der Waals surface area contributed by atoms with Gasteiger partial charge in [-0.25, -0.2) is 4.98 Å². The molecule has 0 atom stereocenters. The third kappa shape index (κ3) is 3.86. The zero-order valence-corrected chi connectivity index (χ0v) is 14.3. The Bertz CT molecular complexity index is 709. The lowest BCUT2D eigenvalue weighted by atomic mass is 9.80. The highest BCUT2D eigenvalue weighted by Crippen LogP contribution is 2.34. The van der Waals surface area contributed by atoms with Crippen LogP contribution < -0.4 is 10.6 Å². The normalized spacial score (nSPS) is 15.4. The van der Waals surface area contributed by atoms with Gasteiger partial charge in [-0.1, -0.05) is 17.7 Å². The monoisotopic (exact) mass is 345 g/mol. The third-order valence-corrected chi connectivity index (χ3v) is 4.63. The smallest absolute Gasteiger partial charge is 0.257 e. The standard InChI is InChI=1S/C18H20ClN3O2/c1-24-18(8-3-9-18)12-21-16-7-6-13(11-20-16)17(23)22-15-5-2-4-14(19)10-15/h2,4-7,10-11H,3,8-9,12H2,1H3,(H,20,21)(H,22,23). The van der Waals surface area contributed by atoms with E-state index in [4.69, 9.17) is 16.3 Å². The number of methoxy groups -OCH3 is 1. The molecule has 1 aromatic carbocycles. The molecule has 24 heavy (non-hydrogen) atoms. The SMILES string of the molecule is COC1(CNc2ccc(C(=O)Nc3cccc(Cl)c3)cn2)CCC1. The first-order valence-electron chi connectivity index (χ1n) is 7.92. The summed E-state index contributed by atoms with van der Waals surface area (Å²) < 4.78 is 5.57. The van der Waals surface area contributed by atoms with Gasteiger partial charge in [-0.05, 0) is 49.6 Å². The van der Waals surface area contributed by atoms with Crippen LogP contribution in [0.3, 0.4) is 0 Å². The van der Waals surface area contributed by atoms with E-state index in [0.717, 1.165) is 25.2 Å². The Kier molecular flexibility index (Phi) is 5.02. The minimum atomic E-state index is -0.219. The van der Waals surface area contributed by atoms with Crippen LogP contribution in [0.15, 0.2) is 42.6 Å². The van der Waals surface area contributed by atoms with Gasteiger partial charge >= 0.3 is 0 Å². The van der Waals surface area contributed by atoms with Gasteiger partial charge in [0.2, 0.25) is 0 Å². The van der Waals surface area contributed by atoms with Crippen molar-refractivity contribution in [3.05, 3.63) is 53.2 Å². The number of pyridine rings is 1. The molecule has 1 aromatic heterocycles. The second kappa shape index (κ2) is 7.20. The van der Waals surface area contributed by atoms with Gasteiger partial charge in [0, 0.05) is 30.6 Å².